The summed E-state index contributed by atoms with van der Waals surface area (Å²) in [7, 11) is 1.28. The lowest BCUT2D eigenvalue weighted by molar-refractivity contribution is -0.115. The number of rotatable bonds is 3. The zero-order valence-electron chi connectivity index (χ0n) is 12.8. The summed E-state index contributed by atoms with van der Waals surface area (Å²) in [5.41, 5.74) is 1.00. The van der Waals surface area contributed by atoms with Crippen LogP contribution in [0.3, 0.4) is 0 Å². The van der Waals surface area contributed by atoms with E-state index >= 15 is 0 Å². The fourth-order valence-corrected chi connectivity index (χ4v) is 3.71. The maximum absolute atomic E-state index is 12.3. The minimum Gasteiger partial charge on any atom is -0.465 e. The molecule has 0 fully saturated rings. The zero-order valence-corrected chi connectivity index (χ0v) is 14.4. The predicted molar refractivity (Wildman–Crippen MR) is 91.8 cm³/mol. The Hall–Kier alpha value is -2.39. The fraction of sp³-hybridized carbons (Fsp3) is 0.200. The van der Waals surface area contributed by atoms with Crippen LogP contribution in [0.25, 0.3) is 0 Å². The zero-order chi connectivity index (χ0) is 17.3. The summed E-state index contributed by atoms with van der Waals surface area (Å²) in [6, 6.07) is 5.10. The lowest BCUT2D eigenvalue weighted by atomic mass is 10.2. The summed E-state index contributed by atoms with van der Waals surface area (Å²) in [5, 5.41) is 5.54. The van der Waals surface area contributed by atoms with Gasteiger partial charge in [-0.1, -0.05) is 11.3 Å². The number of amides is 2. The third-order valence-electron chi connectivity index (χ3n) is 3.29. The van der Waals surface area contributed by atoms with Crippen LogP contribution in [-0.4, -0.2) is 35.1 Å². The molecule has 1 aromatic carbocycles. The third kappa shape index (κ3) is 3.26. The second-order valence-corrected chi connectivity index (χ2v) is 7.35. The highest BCUT2D eigenvalue weighted by molar-refractivity contribution is 8.00. The van der Waals surface area contributed by atoms with E-state index < -0.39 is 5.97 Å². The molecule has 0 saturated carbocycles. The molecular weight excluding hydrogens is 350 g/mol. The number of fused-ring (bicyclic) bond motifs is 1. The van der Waals surface area contributed by atoms with Crippen LogP contribution in [0.4, 0.5) is 10.8 Å². The Bertz CT molecular complexity index is 834. The van der Waals surface area contributed by atoms with E-state index in [1.54, 1.807) is 18.2 Å². The Morgan fingerprint density at radius 1 is 1.38 bits per heavy atom. The normalized spacial score (nSPS) is 16.1. The number of hydrogen-bond donors (Lipinski definition) is 2. The lowest BCUT2D eigenvalue weighted by Crippen LogP contribution is -2.26. The minimum atomic E-state index is -0.504. The topological polar surface area (TPSA) is 97.4 Å². The highest BCUT2D eigenvalue weighted by Gasteiger charge is 2.24. The molecule has 0 saturated heterocycles. The second-order valence-electron chi connectivity index (χ2n) is 4.94. The van der Waals surface area contributed by atoms with Crippen LogP contribution in [0, 0.1) is 0 Å². The molecule has 2 aromatic rings. The molecule has 0 aliphatic carbocycles. The number of carbonyl (C=O) groups excluding carboxylic acids is 3. The summed E-state index contributed by atoms with van der Waals surface area (Å²) in [5.74, 6) is -0.968. The van der Waals surface area contributed by atoms with Gasteiger partial charge in [0, 0.05) is 10.5 Å². The average molecular weight is 363 g/mol. The van der Waals surface area contributed by atoms with Crippen LogP contribution in [0.15, 0.2) is 29.3 Å². The minimum absolute atomic E-state index is 0.0901. The molecule has 0 bridgehead atoms. The van der Waals surface area contributed by atoms with Crippen LogP contribution in [0.2, 0.25) is 0 Å². The molecule has 1 aromatic heterocycles. The van der Waals surface area contributed by atoms with E-state index in [4.69, 9.17) is 0 Å². The molecule has 2 N–H and O–H groups in total. The first-order chi connectivity index (χ1) is 11.5. The summed E-state index contributed by atoms with van der Waals surface area (Å²) < 4.78 is 4.60. The van der Waals surface area contributed by atoms with Crippen molar-refractivity contribution in [2.45, 2.75) is 17.1 Å². The van der Waals surface area contributed by atoms with Crippen molar-refractivity contribution >= 4 is 51.7 Å². The highest BCUT2D eigenvalue weighted by Crippen LogP contribution is 2.36. The predicted octanol–water partition coefficient (Wildman–Crippen LogP) is 2.61. The first-order valence-electron chi connectivity index (χ1n) is 6.95. The van der Waals surface area contributed by atoms with Crippen molar-refractivity contribution < 1.29 is 19.1 Å². The number of esters is 1. The molecule has 124 valence electrons. The average Bonchev–Trinajstić information content (AvgIpc) is 3.03. The quantitative estimate of drug-likeness (QED) is 0.814. The van der Waals surface area contributed by atoms with Gasteiger partial charge in [0.2, 0.25) is 5.91 Å². The molecule has 1 atom stereocenters. The number of thioether (sulfide) groups is 1. The summed E-state index contributed by atoms with van der Waals surface area (Å²) >= 11 is 2.47. The van der Waals surface area contributed by atoms with Crippen molar-refractivity contribution in [1.82, 2.24) is 4.98 Å². The molecule has 1 aliphatic rings. The van der Waals surface area contributed by atoms with E-state index in [9.17, 15) is 14.4 Å². The summed E-state index contributed by atoms with van der Waals surface area (Å²) in [6.07, 6.45) is 1.34. The van der Waals surface area contributed by atoms with Crippen LogP contribution in [0.5, 0.6) is 0 Å². The SMILES string of the molecule is COC(=O)c1cnc(NC(=O)c2ccc3c(c2)NC(=O)[C@H](C)S3)s1. The molecule has 3 rings (SSSR count). The van der Waals surface area contributed by atoms with Crippen molar-refractivity contribution in [1.29, 1.82) is 0 Å². The van der Waals surface area contributed by atoms with E-state index in [-0.39, 0.29) is 17.1 Å². The van der Waals surface area contributed by atoms with Crippen LogP contribution >= 0.6 is 23.1 Å². The maximum atomic E-state index is 12.3. The van der Waals surface area contributed by atoms with Crippen LogP contribution in [-0.2, 0) is 9.53 Å². The van der Waals surface area contributed by atoms with E-state index in [0.717, 1.165) is 16.2 Å². The molecule has 2 amide bonds. The first kappa shape index (κ1) is 16.5. The molecule has 2 heterocycles. The van der Waals surface area contributed by atoms with Crippen molar-refractivity contribution in [3.05, 3.63) is 34.8 Å². The monoisotopic (exact) mass is 363 g/mol. The number of benzene rings is 1. The van der Waals surface area contributed by atoms with Crippen molar-refractivity contribution in [3.63, 3.8) is 0 Å². The molecule has 7 nitrogen and oxygen atoms in total. The summed E-state index contributed by atoms with van der Waals surface area (Å²) in [4.78, 5) is 40.6. The lowest BCUT2D eigenvalue weighted by Gasteiger charge is -2.21. The number of hydrogen-bond acceptors (Lipinski definition) is 7. The van der Waals surface area contributed by atoms with Gasteiger partial charge in [-0.3, -0.25) is 14.9 Å². The number of carbonyl (C=O) groups is 3. The highest BCUT2D eigenvalue weighted by atomic mass is 32.2. The number of ether oxygens (including phenoxy) is 1. The van der Waals surface area contributed by atoms with Gasteiger partial charge in [-0.25, -0.2) is 9.78 Å². The molecule has 0 unspecified atom stereocenters. The Balaban J connectivity index is 1.76. The molecule has 1 aliphatic heterocycles. The molecule has 0 spiro atoms. The van der Waals surface area contributed by atoms with Gasteiger partial charge in [0.15, 0.2) is 5.13 Å². The van der Waals surface area contributed by atoms with Crippen molar-refractivity contribution in [3.8, 4) is 0 Å². The Morgan fingerprint density at radius 2 is 2.17 bits per heavy atom. The molecule has 9 heteroatoms. The number of nitrogens with zero attached hydrogens (tertiary/aromatic N) is 1. The largest absolute Gasteiger partial charge is 0.465 e. The smallest absolute Gasteiger partial charge is 0.349 e. The van der Waals surface area contributed by atoms with Crippen molar-refractivity contribution in [2.24, 2.45) is 0 Å². The van der Waals surface area contributed by atoms with Gasteiger partial charge in [0.25, 0.3) is 5.91 Å². The second kappa shape index (κ2) is 6.62. The van der Waals surface area contributed by atoms with Gasteiger partial charge < -0.3 is 10.1 Å². The Morgan fingerprint density at radius 3 is 2.92 bits per heavy atom. The van der Waals surface area contributed by atoms with E-state index in [0.29, 0.717) is 21.3 Å². The summed E-state index contributed by atoms with van der Waals surface area (Å²) in [6.45, 7) is 1.82. The number of anilines is 2. The Labute approximate surface area is 145 Å². The van der Waals surface area contributed by atoms with Gasteiger partial charge in [-0.05, 0) is 25.1 Å². The number of methoxy groups -OCH3 is 1. The Kier molecular flexibility index (Phi) is 4.54. The van der Waals surface area contributed by atoms with Gasteiger partial charge in [0.05, 0.1) is 24.2 Å². The maximum Gasteiger partial charge on any atom is 0.349 e. The van der Waals surface area contributed by atoms with E-state index in [1.807, 2.05) is 6.92 Å². The fourth-order valence-electron chi connectivity index (χ4n) is 2.05. The number of aromatic nitrogens is 1. The number of nitrogens with one attached hydrogen (secondary N) is 2. The van der Waals surface area contributed by atoms with E-state index in [2.05, 4.69) is 20.4 Å². The molecular formula is C15H13N3O4S2. The van der Waals surface area contributed by atoms with Gasteiger partial charge in [-0.15, -0.1) is 11.8 Å². The third-order valence-corrected chi connectivity index (χ3v) is 5.36. The first-order valence-corrected chi connectivity index (χ1v) is 8.64. The van der Waals surface area contributed by atoms with Gasteiger partial charge in [-0.2, -0.15) is 0 Å². The van der Waals surface area contributed by atoms with Gasteiger partial charge in [0.1, 0.15) is 4.88 Å². The van der Waals surface area contributed by atoms with Crippen molar-refractivity contribution in [2.75, 3.05) is 17.7 Å². The standard InChI is InChI=1S/C15H13N3O4S2/c1-7-12(19)17-9-5-8(3-4-10(9)23-7)13(20)18-15-16-6-11(24-15)14(21)22-2/h3-7H,1-2H3,(H,17,19)(H,16,18,20)/t7-/m0/s1. The van der Waals surface area contributed by atoms with E-state index in [1.165, 1.54) is 25.1 Å². The molecule has 24 heavy (non-hydrogen) atoms. The number of thiazole rings is 1. The van der Waals surface area contributed by atoms with Gasteiger partial charge >= 0.3 is 5.97 Å². The molecule has 0 radical (unpaired) electrons. The van der Waals surface area contributed by atoms with Crippen LogP contribution < -0.4 is 10.6 Å². The van der Waals surface area contributed by atoms with Crippen LogP contribution in [0.1, 0.15) is 27.0 Å².